The largest absolute Gasteiger partial charge is 0.444 e. The molecular formula is C18H22ClN3O2. The molecule has 2 aromatic heterocycles. The van der Waals surface area contributed by atoms with Gasteiger partial charge >= 0.3 is 6.09 Å². The number of rotatable bonds is 2. The SMILES string of the molecule is CC(C)(C)OC(=O)NC1CC=C(c2c[nH]c3cc(Cl)ncc23)CC1. The first-order valence-corrected chi connectivity index (χ1v) is 8.51. The molecular weight excluding hydrogens is 326 g/mol. The highest BCUT2D eigenvalue weighted by atomic mass is 35.5. The third-order valence-electron chi connectivity index (χ3n) is 4.01. The molecule has 0 fully saturated rings. The summed E-state index contributed by atoms with van der Waals surface area (Å²) in [6.45, 7) is 5.59. The number of nitrogens with one attached hydrogen (secondary N) is 2. The number of hydrogen-bond acceptors (Lipinski definition) is 3. The number of aromatic nitrogens is 2. The summed E-state index contributed by atoms with van der Waals surface area (Å²) in [6.07, 6.45) is 8.21. The van der Waals surface area contributed by atoms with Gasteiger partial charge in [0.2, 0.25) is 0 Å². The van der Waals surface area contributed by atoms with E-state index in [2.05, 4.69) is 21.4 Å². The van der Waals surface area contributed by atoms with Crippen molar-refractivity contribution in [2.75, 3.05) is 0 Å². The average molecular weight is 348 g/mol. The fraction of sp³-hybridized carbons (Fsp3) is 0.444. The van der Waals surface area contributed by atoms with Crippen LogP contribution in [0.5, 0.6) is 0 Å². The maximum absolute atomic E-state index is 11.9. The van der Waals surface area contributed by atoms with Gasteiger partial charge < -0.3 is 15.0 Å². The number of amides is 1. The van der Waals surface area contributed by atoms with Gasteiger partial charge in [-0.3, -0.25) is 0 Å². The number of H-pyrrole nitrogens is 1. The van der Waals surface area contributed by atoms with Gasteiger partial charge in [0.25, 0.3) is 0 Å². The van der Waals surface area contributed by atoms with Crippen molar-refractivity contribution in [3.63, 3.8) is 0 Å². The maximum atomic E-state index is 11.9. The van der Waals surface area contributed by atoms with Crippen molar-refractivity contribution in [2.45, 2.75) is 51.7 Å². The summed E-state index contributed by atoms with van der Waals surface area (Å²) in [7, 11) is 0. The van der Waals surface area contributed by atoms with Gasteiger partial charge in [0.15, 0.2) is 0 Å². The van der Waals surface area contributed by atoms with E-state index in [-0.39, 0.29) is 12.1 Å². The summed E-state index contributed by atoms with van der Waals surface area (Å²) in [4.78, 5) is 19.3. The Morgan fingerprint density at radius 2 is 2.25 bits per heavy atom. The number of hydrogen-bond donors (Lipinski definition) is 2. The van der Waals surface area contributed by atoms with Crippen LogP contribution >= 0.6 is 11.6 Å². The molecule has 0 saturated carbocycles. The summed E-state index contributed by atoms with van der Waals surface area (Å²) in [5, 5.41) is 4.50. The van der Waals surface area contributed by atoms with E-state index in [4.69, 9.17) is 16.3 Å². The molecule has 0 saturated heterocycles. The standard InChI is InChI=1S/C18H22ClN3O2/c1-18(2,3)24-17(23)22-12-6-4-11(5-7-12)13-9-20-15-8-16(19)21-10-14(13)15/h4,8-10,12,20H,5-7H2,1-3H3,(H,22,23). The minimum atomic E-state index is -0.474. The molecule has 0 aromatic carbocycles. The predicted molar refractivity (Wildman–Crippen MR) is 96.1 cm³/mol. The monoisotopic (exact) mass is 347 g/mol. The minimum Gasteiger partial charge on any atom is -0.444 e. The Morgan fingerprint density at radius 3 is 2.92 bits per heavy atom. The Hall–Kier alpha value is -2.01. The van der Waals surface area contributed by atoms with Crippen molar-refractivity contribution in [1.29, 1.82) is 0 Å². The number of allylic oxidation sites excluding steroid dienone is 1. The van der Waals surface area contributed by atoms with Crippen molar-refractivity contribution >= 4 is 34.2 Å². The van der Waals surface area contributed by atoms with Gasteiger partial charge in [0, 0.05) is 29.4 Å². The van der Waals surface area contributed by atoms with E-state index in [1.165, 1.54) is 5.57 Å². The Balaban J connectivity index is 1.68. The predicted octanol–water partition coefficient (Wildman–Crippen LogP) is 4.68. The summed E-state index contributed by atoms with van der Waals surface area (Å²) >= 11 is 5.93. The third kappa shape index (κ3) is 3.90. The molecule has 5 nitrogen and oxygen atoms in total. The highest BCUT2D eigenvalue weighted by Crippen LogP contribution is 2.32. The third-order valence-corrected chi connectivity index (χ3v) is 4.22. The van der Waals surface area contributed by atoms with Gasteiger partial charge in [0.1, 0.15) is 10.8 Å². The van der Waals surface area contributed by atoms with Crippen LogP contribution in [0.2, 0.25) is 5.15 Å². The molecule has 1 amide bonds. The normalized spacial score (nSPS) is 18.3. The van der Waals surface area contributed by atoms with E-state index >= 15 is 0 Å². The fourth-order valence-corrected chi connectivity index (χ4v) is 3.10. The number of alkyl carbamates (subject to hydrolysis) is 1. The number of ether oxygens (including phenoxy) is 1. The van der Waals surface area contributed by atoms with Crippen LogP contribution in [-0.2, 0) is 4.74 Å². The van der Waals surface area contributed by atoms with Gasteiger partial charge in [-0.1, -0.05) is 17.7 Å². The Morgan fingerprint density at radius 1 is 1.46 bits per heavy atom. The number of carbonyl (C=O) groups is 1. The summed E-state index contributed by atoms with van der Waals surface area (Å²) < 4.78 is 5.31. The smallest absolute Gasteiger partial charge is 0.407 e. The van der Waals surface area contributed by atoms with Crippen LogP contribution < -0.4 is 5.32 Å². The highest BCUT2D eigenvalue weighted by molar-refractivity contribution is 6.30. The Bertz CT molecular complexity index is 789. The van der Waals surface area contributed by atoms with Gasteiger partial charge in [0.05, 0.1) is 5.52 Å². The molecule has 2 N–H and O–H groups in total. The number of carbonyl (C=O) groups excluding carboxylic acids is 1. The van der Waals surface area contributed by atoms with Crippen LogP contribution in [0.1, 0.15) is 45.6 Å². The number of fused-ring (bicyclic) bond motifs is 1. The lowest BCUT2D eigenvalue weighted by molar-refractivity contribution is 0.0502. The zero-order chi connectivity index (χ0) is 17.3. The average Bonchev–Trinajstić information content (AvgIpc) is 2.89. The molecule has 2 aromatic rings. The van der Waals surface area contributed by atoms with Crippen molar-refractivity contribution in [3.05, 3.63) is 35.3 Å². The summed E-state index contributed by atoms with van der Waals surface area (Å²) in [5.74, 6) is 0. The topological polar surface area (TPSA) is 67.0 Å². The van der Waals surface area contributed by atoms with E-state index in [0.29, 0.717) is 5.15 Å². The molecule has 6 heteroatoms. The van der Waals surface area contributed by atoms with Crippen molar-refractivity contribution in [3.8, 4) is 0 Å². The first kappa shape index (κ1) is 16.8. The number of halogens is 1. The summed E-state index contributed by atoms with van der Waals surface area (Å²) in [6, 6.07) is 1.94. The first-order valence-electron chi connectivity index (χ1n) is 8.13. The van der Waals surface area contributed by atoms with Crippen LogP contribution in [0.3, 0.4) is 0 Å². The van der Waals surface area contributed by atoms with E-state index < -0.39 is 5.60 Å². The second kappa shape index (κ2) is 6.48. The van der Waals surface area contributed by atoms with Crippen LogP contribution in [0.25, 0.3) is 16.5 Å². The molecule has 3 rings (SSSR count). The first-order chi connectivity index (χ1) is 11.3. The quantitative estimate of drug-likeness (QED) is 0.775. The van der Waals surface area contributed by atoms with Gasteiger partial charge in [-0.15, -0.1) is 0 Å². The molecule has 24 heavy (non-hydrogen) atoms. The van der Waals surface area contributed by atoms with Gasteiger partial charge in [-0.05, 0) is 51.7 Å². The molecule has 0 spiro atoms. The number of nitrogens with zero attached hydrogens (tertiary/aromatic N) is 1. The second-order valence-electron chi connectivity index (χ2n) is 7.10. The zero-order valence-corrected chi connectivity index (χ0v) is 14.9. The molecule has 0 radical (unpaired) electrons. The number of pyridine rings is 1. The Kier molecular flexibility index (Phi) is 4.54. The molecule has 0 aliphatic heterocycles. The Labute approximate surface area is 146 Å². The minimum absolute atomic E-state index is 0.112. The zero-order valence-electron chi connectivity index (χ0n) is 14.1. The fourth-order valence-electron chi connectivity index (χ4n) is 2.94. The van der Waals surface area contributed by atoms with Crippen LogP contribution in [0, 0.1) is 0 Å². The molecule has 128 valence electrons. The molecule has 2 heterocycles. The number of aromatic amines is 1. The van der Waals surface area contributed by atoms with E-state index in [0.717, 1.165) is 35.7 Å². The maximum Gasteiger partial charge on any atom is 0.407 e. The summed E-state index contributed by atoms with van der Waals surface area (Å²) in [5.41, 5.74) is 2.94. The van der Waals surface area contributed by atoms with E-state index in [9.17, 15) is 4.79 Å². The molecule has 0 bridgehead atoms. The lowest BCUT2D eigenvalue weighted by Gasteiger charge is -2.25. The van der Waals surface area contributed by atoms with Crippen molar-refractivity contribution < 1.29 is 9.53 Å². The lowest BCUT2D eigenvalue weighted by atomic mass is 9.91. The van der Waals surface area contributed by atoms with Crippen molar-refractivity contribution in [1.82, 2.24) is 15.3 Å². The van der Waals surface area contributed by atoms with Crippen LogP contribution in [0.15, 0.2) is 24.5 Å². The van der Waals surface area contributed by atoms with Crippen molar-refractivity contribution in [2.24, 2.45) is 0 Å². The van der Waals surface area contributed by atoms with E-state index in [1.807, 2.05) is 33.0 Å². The molecule has 1 aliphatic rings. The van der Waals surface area contributed by atoms with Gasteiger partial charge in [-0.25, -0.2) is 9.78 Å². The lowest BCUT2D eigenvalue weighted by Crippen LogP contribution is -2.39. The van der Waals surface area contributed by atoms with Crippen LogP contribution in [0.4, 0.5) is 4.79 Å². The molecule has 1 aliphatic carbocycles. The van der Waals surface area contributed by atoms with Gasteiger partial charge in [-0.2, -0.15) is 0 Å². The molecule has 1 unspecified atom stereocenters. The van der Waals surface area contributed by atoms with E-state index in [1.54, 1.807) is 6.20 Å². The van der Waals surface area contributed by atoms with Crippen LogP contribution in [-0.4, -0.2) is 27.7 Å². The highest BCUT2D eigenvalue weighted by Gasteiger charge is 2.22. The molecule has 1 atom stereocenters. The second-order valence-corrected chi connectivity index (χ2v) is 7.49.